The molecule has 0 saturated heterocycles. The molecule has 0 saturated carbocycles. The first kappa shape index (κ1) is 12.9. The van der Waals surface area contributed by atoms with Crippen LogP contribution in [0.1, 0.15) is 7.85 Å². The van der Waals surface area contributed by atoms with E-state index in [9.17, 15) is 4.21 Å². The van der Waals surface area contributed by atoms with Gasteiger partial charge in [0.25, 0.3) is 0 Å². The fourth-order valence-corrected chi connectivity index (χ4v) is 1.09. The minimum Gasteiger partial charge on any atom is -1.00 e. The second kappa shape index (κ2) is 6.03. The first-order valence-electron chi connectivity index (χ1n) is 2.12. The van der Waals surface area contributed by atoms with E-state index in [1.807, 2.05) is 0 Å². The maximum Gasteiger partial charge on any atom is 1.00 e. The molecule has 52 valence electrons. The summed E-state index contributed by atoms with van der Waals surface area (Å²) in [5.41, 5.74) is 0. The Morgan fingerprint density at radius 3 is 2.22 bits per heavy atom. The van der Waals surface area contributed by atoms with Gasteiger partial charge in [-0.15, -0.1) is 0 Å². The minimum atomic E-state index is -3.01. The molecule has 0 radical (unpaired) electrons. The molecular weight excluding hydrogens is 171 g/mol. The molecule has 2 N–H and O–H groups in total. The van der Waals surface area contributed by atoms with Crippen molar-refractivity contribution in [2.75, 3.05) is 12.4 Å². The Hall–Kier alpha value is 1.29. The SMILES string of the molecule is O=S(O)(=S)CCCO.[H-].[Na+]. The zero-order valence-electron chi connectivity index (χ0n) is 6.24. The summed E-state index contributed by atoms with van der Waals surface area (Å²) in [5, 5.41) is 8.15. The molecular formula is C3H9NaO3S2. The predicted molar refractivity (Wildman–Crippen MR) is 35.8 cm³/mol. The van der Waals surface area contributed by atoms with Crippen molar-refractivity contribution in [2.24, 2.45) is 0 Å². The van der Waals surface area contributed by atoms with E-state index in [1.165, 1.54) is 0 Å². The van der Waals surface area contributed by atoms with Crippen LogP contribution in [0.25, 0.3) is 0 Å². The molecule has 0 aliphatic heterocycles. The molecule has 0 aliphatic carbocycles. The number of hydrogen-bond donors (Lipinski definition) is 2. The fourth-order valence-electron chi connectivity index (χ4n) is 0.247. The van der Waals surface area contributed by atoms with Crippen LogP contribution in [0.4, 0.5) is 0 Å². The molecule has 6 heteroatoms. The molecule has 0 aromatic rings. The van der Waals surface area contributed by atoms with Crippen LogP contribution in [0, 0.1) is 0 Å². The summed E-state index contributed by atoms with van der Waals surface area (Å²) in [6.07, 6.45) is 0.304. The quantitative estimate of drug-likeness (QED) is 0.447. The fraction of sp³-hybridized carbons (Fsp3) is 1.00. The van der Waals surface area contributed by atoms with Crippen LogP contribution < -0.4 is 29.6 Å². The summed E-state index contributed by atoms with van der Waals surface area (Å²) in [5.74, 6) is 0.0127. The Morgan fingerprint density at radius 1 is 1.67 bits per heavy atom. The van der Waals surface area contributed by atoms with Gasteiger partial charge in [0.15, 0.2) is 0 Å². The maximum atomic E-state index is 10.2. The Kier molecular flexibility index (Phi) is 8.66. The van der Waals surface area contributed by atoms with Gasteiger partial charge in [-0.1, -0.05) is 0 Å². The summed E-state index contributed by atoms with van der Waals surface area (Å²) < 4.78 is 18.6. The number of aliphatic hydroxyl groups is 1. The van der Waals surface area contributed by atoms with Crippen molar-refractivity contribution in [3.63, 3.8) is 0 Å². The van der Waals surface area contributed by atoms with Gasteiger partial charge < -0.3 is 11.1 Å². The molecule has 0 spiro atoms. The summed E-state index contributed by atoms with van der Waals surface area (Å²) in [4.78, 5) is 0. The van der Waals surface area contributed by atoms with Gasteiger partial charge in [-0.3, -0.25) is 0 Å². The Labute approximate surface area is 83.1 Å². The van der Waals surface area contributed by atoms with Gasteiger partial charge in [0, 0.05) is 17.8 Å². The molecule has 1 atom stereocenters. The van der Waals surface area contributed by atoms with Crippen molar-refractivity contribution >= 4 is 20.0 Å². The Bertz CT molecular complexity index is 146. The van der Waals surface area contributed by atoms with Crippen LogP contribution >= 0.6 is 0 Å². The average Bonchev–Trinajstić information content (AvgIpc) is 1.59. The first-order chi connectivity index (χ1) is 3.56. The molecule has 0 amide bonds. The van der Waals surface area contributed by atoms with Crippen molar-refractivity contribution in [3.05, 3.63) is 0 Å². The van der Waals surface area contributed by atoms with E-state index in [4.69, 9.17) is 9.66 Å². The van der Waals surface area contributed by atoms with Crippen molar-refractivity contribution in [1.82, 2.24) is 0 Å². The van der Waals surface area contributed by atoms with Gasteiger partial charge in [-0.25, -0.2) is 4.21 Å². The van der Waals surface area contributed by atoms with Gasteiger partial charge in [-0.05, 0) is 6.42 Å². The minimum absolute atomic E-state index is 0. The summed E-state index contributed by atoms with van der Waals surface area (Å²) in [6, 6.07) is 0. The summed E-state index contributed by atoms with van der Waals surface area (Å²) in [7, 11) is -3.01. The van der Waals surface area contributed by atoms with Crippen molar-refractivity contribution < 1.29 is 44.9 Å². The Morgan fingerprint density at radius 2 is 2.11 bits per heavy atom. The van der Waals surface area contributed by atoms with E-state index in [0.29, 0.717) is 6.42 Å². The standard InChI is InChI=1S/C3H8O3S2.Na.H/c4-2-1-3-8(5,6)7;;/h4H,1-3H2,(H,5,6,7);;/q;+1;-1. The van der Waals surface area contributed by atoms with Crippen molar-refractivity contribution in [3.8, 4) is 0 Å². The third-order valence-electron chi connectivity index (χ3n) is 0.560. The van der Waals surface area contributed by atoms with Crippen LogP contribution in [0.3, 0.4) is 0 Å². The largest absolute Gasteiger partial charge is 1.00 e. The van der Waals surface area contributed by atoms with E-state index in [0.717, 1.165) is 0 Å². The van der Waals surface area contributed by atoms with Gasteiger partial charge in [0.2, 0.25) is 0 Å². The van der Waals surface area contributed by atoms with Gasteiger partial charge in [0.1, 0.15) is 8.77 Å². The van der Waals surface area contributed by atoms with Gasteiger partial charge >= 0.3 is 29.6 Å². The molecule has 0 bridgehead atoms. The average molecular weight is 180 g/mol. The molecule has 0 fully saturated rings. The predicted octanol–water partition coefficient (Wildman–Crippen LogP) is -3.30. The van der Waals surface area contributed by atoms with Crippen molar-refractivity contribution in [2.45, 2.75) is 6.42 Å². The molecule has 0 rings (SSSR count). The van der Waals surface area contributed by atoms with Gasteiger partial charge in [-0.2, -0.15) is 0 Å². The van der Waals surface area contributed by atoms with E-state index in [-0.39, 0.29) is 43.3 Å². The number of aliphatic hydroxyl groups excluding tert-OH is 1. The van der Waals surface area contributed by atoms with E-state index in [1.54, 1.807) is 0 Å². The molecule has 9 heavy (non-hydrogen) atoms. The van der Waals surface area contributed by atoms with Crippen LogP contribution in [-0.2, 0) is 20.0 Å². The monoisotopic (exact) mass is 180 g/mol. The zero-order chi connectivity index (χ0) is 6.62. The van der Waals surface area contributed by atoms with Gasteiger partial charge in [0.05, 0.1) is 5.75 Å². The molecule has 0 heterocycles. The van der Waals surface area contributed by atoms with Crippen LogP contribution in [0.5, 0.6) is 0 Å². The second-order valence-electron chi connectivity index (χ2n) is 1.36. The number of rotatable bonds is 3. The summed E-state index contributed by atoms with van der Waals surface area (Å²) in [6.45, 7) is -0.0752. The molecule has 1 unspecified atom stereocenters. The molecule has 3 nitrogen and oxygen atoms in total. The second-order valence-corrected chi connectivity index (χ2v) is 4.50. The number of hydrogen-bond acceptors (Lipinski definition) is 3. The zero-order valence-corrected chi connectivity index (χ0v) is 8.87. The Balaban J connectivity index is -0.000000245. The van der Waals surface area contributed by atoms with E-state index < -0.39 is 8.77 Å². The third-order valence-corrected chi connectivity index (χ3v) is 1.86. The molecule has 0 aliphatic rings. The smallest absolute Gasteiger partial charge is 1.00 e. The summed E-state index contributed by atoms with van der Waals surface area (Å²) >= 11 is 4.12. The van der Waals surface area contributed by atoms with Crippen molar-refractivity contribution in [1.29, 1.82) is 0 Å². The topological polar surface area (TPSA) is 57.5 Å². The van der Waals surface area contributed by atoms with Crippen LogP contribution in [-0.4, -0.2) is 26.2 Å². The normalized spacial score (nSPS) is 15.8. The first-order valence-corrected chi connectivity index (χ1v) is 4.73. The van der Waals surface area contributed by atoms with E-state index >= 15 is 0 Å². The van der Waals surface area contributed by atoms with E-state index in [2.05, 4.69) is 11.2 Å². The maximum absolute atomic E-state index is 10.2. The van der Waals surface area contributed by atoms with Crippen LogP contribution in [0.2, 0.25) is 0 Å². The van der Waals surface area contributed by atoms with Crippen LogP contribution in [0.15, 0.2) is 0 Å². The third kappa shape index (κ3) is 12.5. The molecule has 0 aromatic heterocycles. The molecule has 0 aromatic carbocycles.